The standard InChI is InChI=1S/C14H17N3O3/c1-10(2)8-17-13(12(7-16-17)14(18)19)20-9-11-3-5-15-6-4-11/h3-7,10H,8-9H2,1-2H3,(H,18,19). The first kappa shape index (κ1) is 14.0. The van der Waals surface area contributed by atoms with Crippen LogP contribution in [0, 0.1) is 5.92 Å². The van der Waals surface area contributed by atoms with Crippen LogP contribution in [0.25, 0.3) is 0 Å². The van der Waals surface area contributed by atoms with Crippen molar-refractivity contribution in [3.05, 3.63) is 41.9 Å². The second kappa shape index (κ2) is 6.18. The Labute approximate surface area is 117 Å². The van der Waals surface area contributed by atoms with E-state index in [9.17, 15) is 4.79 Å². The summed E-state index contributed by atoms with van der Waals surface area (Å²) < 4.78 is 7.24. The first-order valence-corrected chi connectivity index (χ1v) is 6.38. The van der Waals surface area contributed by atoms with Gasteiger partial charge in [0.15, 0.2) is 0 Å². The molecule has 0 amide bonds. The summed E-state index contributed by atoms with van der Waals surface area (Å²) in [6.45, 7) is 4.97. The van der Waals surface area contributed by atoms with E-state index in [1.165, 1.54) is 6.20 Å². The van der Waals surface area contributed by atoms with Gasteiger partial charge < -0.3 is 9.84 Å². The summed E-state index contributed by atoms with van der Waals surface area (Å²) in [5.74, 6) is -0.396. The molecule has 6 heteroatoms. The predicted molar refractivity (Wildman–Crippen MR) is 72.6 cm³/mol. The number of aromatic nitrogens is 3. The highest BCUT2D eigenvalue weighted by Crippen LogP contribution is 2.21. The molecule has 2 rings (SSSR count). The van der Waals surface area contributed by atoms with E-state index in [-0.39, 0.29) is 12.2 Å². The lowest BCUT2D eigenvalue weighted by molar-refractivity contribution is 0.0690. The molecule has 0 fully saturated rings. The van der Waals surface area contributed by atoms with E-state index in [1.54, 1.807) is 17.1 Å². The van der Waals surface area contributed by atoms with Gasteiger partial charge in [0.1, 0.15) is 12.2 Å². The average molecular weight is 275 g/mol. The summed E-state index contributed by atoms with van der Waals surface area (Å²) in [5, 5.41) is 13.3. The lowest BCUT2D eigenvalue weighted by atomic mass is 10.2. The number of hydrogen-bond acceptors (Lipinski definition) is 4. The monoisotopic (exact) mass is 275 g/mol. The molecule has 2 aromatic heterocycles. The third-order valence-electron chi connectivity index (χ3n) is 2.68. The lowest BCUT2D eigenvalue weighted by Gasteiger charge is -2.12. The predicted octanol–water partition coefficient (Wildman–Crippen LogP) is 2.21. The Morgan fingerprint density at radius 1 is 1.40 bits per heavy atom. The van der Waals surface area contributed by atoms with Gasteiger partial charge in [-0.25, -0.2) is 9.48 Å². The van der Waals surface area contributed by atoms with Gasteiger partial charge in [0.05, 0.1) is 6.20 Å². The van der Waals surface area contributed by atoms with Crippen LogP contribution in [-0.4, -0.2) is 25.8 Å². The Morgan fingerprint density at radius 2 is 2.10 bits per heavy atom. The van der Waals surface area contributed by atoms with Gasteiger partial charge in [-0.2, -0.15) is 5.10 Å². The number of rotatable bonds is 6. The smallest absolute Gasteiger partial charge is 0.342 e. The topological polar surface area (TPSA) is 77.2 Å². The minimum Gasteiger partial charge on any atom is -0.477 e. The second-order valence-corrected chi connectivity index (χ2v) is 4.89. The van der Waals surface area contributed by atoms with E-state index in [0.717, 1.165) is 5.56 Å². The zero-order valence-electron chi connectivity index (χ0n) is 11.5. The zero-order valence-corrected chi connectivity index (χ0v) is 11.5. The molecular weight excluding hydrogens is 258 g/mol. The van der Waals surface area contributed by atoms with Gasteiger partial charge >= 0.3 is 5.97 Å². The highest BCUT2D eigenvalue weighted by atomic mass is 16.5. The molecule has 6 nitrogen and oxygen atoms in total. The number of hydrogen-bond donors (Lipinski definition) is 1. The van der Waals surface area contributed by atoms with Crippen molar-refractivity contribution >= 4 is 5.97 Å². The first-order valence-electron chi connectivity index (χ1n) is 6.38. The second-order valence-electron chi connectivity index (χ2n) is 4.89. The zero-order chi connectivity index (χ0) is 14.5. The van der Waals surface area contributed by atoms with Crippen LogP contribution in [0.2, 0.25) is 0 Å². The van der Waals surface area contributed by atoms with Crippen molar-refractivity contribution in [3.8, 4) is 5.88 Å². The van der Waals surface area contributed by atoms with Gasteiger partial charge in [-0.05, 0) is 23.6 Å². The van der Waals surface area contributed by atoms with Crippen LogP contribution < -0.4 is 4.74 Å². The van der Waals surface area contributed by atoms with Gasteiger partial charge in [-0.15, -0.1) is 0 Å². The number of aromatic carboxylic acids is 1. The lowest BCUT2D eigenvalue weighted by Crippen LogP contribution is -2.11. The molecule has 20 heavy (non-hydrogen) atoms. The first-order chi connectivity index (χ1) is 9.58. The minimum atomic E-state index is -1.04. The van der Waals surface area contributed by atoms with Crippen molar-refractivity contribution in [1.82, 2.24) is 14.8 Å². The van der Waals surface area contributed by atoms with Gasteiger partial charge in [0, 0.05) is 18.9 Å². The number of carboxylic acid groups (broad SMARTS) is 1. The largest absolute Gasteiger partial charge is 0.477 e. The number of nitrogens with zero attached hydrogens (tertiary/aromatic N) is 3. The minimum absolute atomic E-state index is 0.0831. The molecule has 0 bridgehead atoms. The molecule has 0 aliphatic rings. The molecule has 0 aliphatic carbocycles. The molecule has 1 N–H and O–H groups in total. The normalized spacial score (nSPS) is 10.8. The third kappa shape index (κ3) is 3.34. The van der Waals surface area contributed by atoms with E-state index < -0.39 is 5.97 Å². The summed E-state index contributed by atoms with van der Waals surface area (Å²) in [6.07, 6.45) is 4.66. The number of carbonyl (C=O) groups is 1. The van der Waals surface area contributed by atoms with Crippen molar-refractivity contribution in [2.75, 3.05) is 0 Å². The molecule has 0 unspecified atom stereocenters. The van der Waals surface area contributed by atoms with E-state index in [1.807, 2.05) is 26.0 Å². The molecule has 0 saturated carbocycles. The Kier molecular flexibility index (Phi) is 4.34. The van der Waals surface area contributed by atoms with Crippen LogP contribution in [-0.2, 0) is 13.2 Å². The fourth-order valence-corrected chi connectivity index (χ4v) is 1.78. The van der Waals surface area contributed by atoms with Crippen molar-refractivity contribution in [2.24, 2.45) is 5.92 Å². The van der Waals surface area contributed by atoms with Gasteiger partial charge in [0.25, 0.3) is 0 Å². The maximum absolute atomic E-state index is 11.2. The number of pyridine rings is 1. The molecule has 106 valence electrons. The summed E-state index contributed by atoms with van der Waals surface area (Å²) >= 11 is 0. The molecule has 0 aliphatic heterocycles. The van der Waals surface area contributed by atoms with Gasteiger partial charge in [-0.3, -0.25) is 4.98 Å². The average Bonchev–Trinajstić information content (AvgIpc) is 2.80. The molecule has 2 aromatic rings. The Balaban J connectivity index is 2.19. The van der Waals surface area contributed by atoms with Crippen LogP contribution in [0.5, 0.6) is 5.88 Å². The molecule has 0 radical (unpaired) electrons. The van der Waals surface area contributed by atoms with E-state index in [2.05, 4.69) is 10.1 Å². The summed E-state index contributed by atoms with van der Waals surface area (Å²) in [5.41, 5.74) is 1.01. The van der Waals surface area contributed by atoms with Gasteiger partial charge in [-0.1, -0.05) is 13.8 Å². The molecular formula is C14H17N3O3. The van der Waals surface area contributed by atoms with Crippen LogP contribution >= 0.6 is 0 Å². The molecule has 2 heterocycles. The fourth-order valence-electron chi connectivity index (χ4n) is 1.78. The maximum atomic E-state index is 11.2. The van der Waals surface area contributed by atoms with Crippen LogP contribution in [0.15, 0.2) is 30.7 Å². The maximum Gasteiger partial charge on any atom is 0.342 e. The Hall–Kier alpha value is -2.37. The number of carboxylic acids is 1. The highest BCUT2D eigenvalue weighted by molar-refractivity contribution is 5.89. The molecule has 0 spiro atoms. The van der Waals surface area contributed by atoms with Crippen LogP contribution in [0.1, 0.15) is 29.8 Å². The molecule has 0 aromatic carbocycles. The third-order valence-corrected chi connectivity index (χ3v) is 2.68. The summed E-state index contributed by atoms with van der Waals surface area (Å²) in [6, 6.07) is 3.65. The highest BCUT2D eigenvalue weighted by Gasteiger charge is 2.18. The van der Waals surface area contributed by atoms with Crippen molar-refractivity contribution in [3.63, 3.8) is 0 Å². The SMILES string of the molecule is CC(C)Cn1ncc(C(=O)O)c1OCc1ccncc1. The fraction of sp³-hybridized carbons (Fsp3) is 0.357. The molecule has 0 atom stereocenters. The molecule has 0 saturated heterocycles. The quantitative estimate of drug-likeness (QED) is 0.874. The van der Waals surface area contributed by atoms with Crippen molar-refractivity contribution < 1.29 is 14.6 Å². The van der Waals surface area contributed by atoms with Crippen molar-refractivity contribution in [2.45, 2.75) is 27.0 Å². The van der Waals surface area contributed by atoms with Crippen LogP contribution in [0.4, 0.5) is 0 Å². The number of ether oxygens (including phenoxy) is 1. The summed E-state index contributed by atoms with van der Waals surface area (Å²) in [7, 11) is 0. The van der Waals surface area contributed by atoms with E-state index in [0.29, 0.717) is 18.3 Å². The van der Waals surface area contributed by atoms with Gasteiger partial charge in [0.2, 0.25) is 5.88 Å². The van der Waals surface area contributed by atoms with E-state index >= 15 is 0 Å². The summed E-state index contributed by atoms with van der Waals surface area (Å²) in [4.78, 5) is 15.1. The van der Waals surface area contributed by atoms with Crippen molar-refractivity contribution in [1.29, 1.82) is 0 Å². The Morgan fingerprint density at radius 3 is 2.70 bits per heavy atom. The van der Waals surface area contributed by atoms with E-state index in [4.69, 9.17) is 9.84 Å². The Bertz CT molecular complexity index is 579. The van der Waals surface area contributed by atoms with Crippen LogP contribution in [0.3, 0.4) is 0 Å².